The van der Waals surface area contributed by atoms with Gasteiger partial charge in [-0.1, -0.05) is 11.6 Å². The molecule has 0 spiro atoms. The molecular formula is C10H13BrClNO2S. The number of hydrogen-bond donors (Lipinski definition) is 1. The molecule has 0 unspecified atom stereocenters. The molecule has 1 rings (SSSR count). The molecule has 0 aliphatic carbocycles. The molecule has 0 aliphatic heterocycles. The second kappa shape index (κ2) is 5.38. The lowest BCUT2D eigenvalue weighted by molar-refractivity contribution is 0.0524. The summed E-state index contributed by atoms with van der Waals surface area (Å²) in [6.07, 6.45) is -0.427. The predicted molar refractivity (Wildman–Crippen MR) is 70.1 cm³/mol. The summed E-state index contributed by atoms with van der Waals surface area (Å²) in [7, 11) is 0. The summed E-state index contributed by atoms with van der Waals surface area (Å²) < 4.78 is 6.70. The maximum atomic E-state index is 11.4. The Hall–Kier alpha value is -0.260. The normalized spacial score (nSPS) is 11.3. The van der Waals surface area contributed by atoms with Crippen LogP contribution < -0.4 is 5.32 Å². The highest BCUT2D eigenvalue weighted by atomic mass is 79.9. The van der Waals surface area contributed by atoms with Gasteiger partial charge in [0.1, 0.15) is 5.60 Å². The third-order valence-corrected chi connectivity index (χ3v) is 3.75. The van der Waals surface area contributed by atoms with E-state index in [2.05, 4.69) is 21.2 Å². The minimum absolute atomic E-state index is 0.410. The van der Waals surface area contributed by atoms with Crippen molar-refractivity contribution in [1.29, 1.82) is 0 Å². The average molecular weight is 327 g/mol. The quantitative estimate of drug-likeness (QED) is 0.885. The first-order chi connectivity index (χ1) is 7.28. The van der Waals surface area contributed by atoms with Gasteiger partial charge in [-0.05, 0) is 42.8 Å². The molecule has 0 bridgehead atoms. The van der Waals surface area contributed by atoms with Crippen molar-refractivity contribution < 1.29 is 9.53 Å². The van der Waals surface area contributed by atoms with E-state index in [1.165, 1.54) is 11.3 Å². The van der Waals surface area contributed by atoms with Crippen LogP contribution in [0.5, 0.6) is 0 Å². The molecule has 0 aromatic carbocycles. The number of amides is 1. The van der Waals surface area contributed by atoms with Crippen molar-refractivity contribution in [1.82, 2.24) is 5.32 Å². The molecule has 0 radical (unpaired) electrons. The highest BCUT2D eigenvalue weighted by Crippen LogP contribution is 2.30. The minimum atomic E-state index is -0.478. The van der Waals surface area contributed by atoms with E-state index in [4.69, 9.17) is 16.3 Å². The molecule has 0 fully saturated rings. The van der Waals surface area contributed by atoms with Crippen LogP contribution in [0.25, 0.3) is 0 Å². The monoisotopic (exact) mass is 325 g/mol. The van der Waals surface area contributed by atoms with E-state index in [0.29, 0.717) is 10.9 Å². The Morgan fingerprint density at radius 2 is 2.25 bits per heavy atom. The summed E-state index contributed by atoms with van der Waals surface area (Å²) in [5.41, 5.74) is -0.478. The molecule has 0 aliphatic rings. The summed E-state index contributed by atoms with van der Waals surface area (Å²) in [6.45, 7) is 5.88. The van der Waals surface area contributed by atoms with Gasteiger partial charge in [0.15, 0.2) is 0 Å². The molecule has 6 heteroatoms. The fourth-order valence-electron chi connectivity index (χ4n) is 0.963. The molecular weight excluding hydrogens is 314 g/mol. The second-order valence-corrected chi connectivity index (χ2v) is 6.80. The number of hydrogen-bond acceptors (Lipinski definition) is 3. The third-order valence-electron chi connectivity index (χ3n) is 1.52. The zero-order valence-electron chi connectivity index (χ0n) is 9.27. The van der Waals surface area contributed by atoms with E-state index < -0.39 is 11.7 Å². The lowest BCUT2D eigenvalue weighted by Crippen LogP contribution is -2.32. The van der Waals surface area contributed by atoms with Gasteiger partial charge in [0.25, 0.3) is 0 Å². The van der Waals surface area contributed by atoms with Crippen molar-refractivity contribution in [3.8, 4) is 0 Å². The SMILES string of the molecule is CC(C)(C)OC(=O)NCc1sc(Cl)cc1Br. The Kier molecular flexibility index (Phi) is 4.64. The Bertz CT molecular complexity index is 387. The lowest BCUT2D eigenvalue weighted by Gasteiger charge is -2.19. The van der Waals surface area contributed by atoms with Gasteiger partial charge < -0.3 is 10.1 Å². The van der Waals surface area contributed by atoms with Crippen molar-refractivity contribution in [3.05, 3.63) is 19.8 Å². The van der Waals surface area contributed by atoms with Crippen LogP contribution in [0.1, 0.15) is 25.6 Å². The molecule has 1 aromatic rings. The maximum absolute atomic E-state index is 11.4. The zero-order chi connectivity index (χ0) is 12.3. The highest BCUT2D eigenvalue weighted by Gasteiger charge is 2.16. The summed E-state index contributed by atoms with van der Waals surface area (Å²) in [5.74, 6) is 0. The smallest absolute Gasteiger partial charge is 0.407 e. The van der Waals surface area contributed by atoms with Crippen molar-refractivity contribution in [2.45, 2.75) is 32.9 Å². The van der Waals surface area contributed by atoms with E-state index in [1.54, 1.807) is 6.07 Å². The van der Waals surface area contributed by atoms with Crippen LogP contribution in [0, 0.1) is 0 Å². The average Bonchev–Trinajstić information content (AvgIpc) is 2.38. The van der Waals surface area contributed by atoms with Gasteiger partial charge in [0.05, 0.1) is 10.9 Å². The van der Waals surface area contributed by atoms with Crippen molar-refractivity contribution in [3.63, 3.8) is 0 Å². The lowest BCUT2D eigenvalue weighted by atomic mass is 10.2. The first-order valence-electron chi connectivity index (χ1n) is 4.68. The van der Waals surface area contributed by atoms with E-state index >= 15 is 0 Å². The van der Waals surface area contributed by atoms with Crippen molar-refractivity contribution in [2.24, 2.45) is 0 Å². The number of thiophene rings is 1. The van der Waals surface area contributed by atoms with Crippen molar-refractivity contribution >= 4 is 45.0 Å². The summed E-state index contributed by atoms with van der Waals surface area (Å²) in [5, 5.41) is 2.67. The Morgan fingerprint density at radius 1 is 1.62 bits per heavy atom. The van der Waals surface area contributed by atoms with Crippen LogP contribution in [0.15, 0.2) is 10.5 Å². The number of alkyl carbamates (subject to hydrolysis) is 1. The standard InChI is InChI=1S/C10H13BrClNO2S/c1-10(2,3)15-9(14)13-5-7-6(11)4-8(12)16-7/h4H,5H2,1-3H3,(H,13,14). The van der Waals surface area contributed by atoms with Crippen LogP contribution >= 0.6 is 38.9 Å². The number of carbonyl (C=O) groups is 1. The van der Waals surface area contributed by atoms with E-state index in [0.717, 1.165) is 9.35 Å². The Labute approximate surface area is 112 Å². The van der Waals surface area contributed by atoms with Gasteiger partial charge in [-0.15, -0.1) is 11.3 Å². The van der Waals surface area contributed by atoms with Gasteiger partial charge in [-0.2, -0.15) is 0 Å². The molecule has 0 saturated carbocycles. The van der Waals surface area contributed by atoms with Gasteiger partial charge in [-0.25, -0.2) is 4.79 Å². The molecule has 90 valence electrons. The van der Waals surface area contributed by atoms with E-state index in [1.807, 2.05) is 20.8 Å². The van der Waals surface area contributed by atoms with Crippen LogP contribution in [0.2, 0.25) is 4.34 Å². The number of rotatable bonds is 2. The largest absolute Gasteiger partial charge is 0.444 e. The summed E-state index contributed by atoms with van der Waals surface area (Å²) in [4.78, 5) is 12.3. The van der Waals surface area contributed by atoms with E-state index in [-0.39, 0.29) is 0 Å². The number of halogens is 2. The Balaban J connectivity index is 2.46. The van der Waals surface area contributed by atoms with Crippen molar-refractivity contribution in [2.75, 3.05) is 0 Å². The van der Waals surface area contributed by atoms with Gasteiger partial charge in [0.2, 0.25) is 0 Å². The summed E-state index contributed by atoms with van der Waals surface area (Å²) >= 11 is 10.6. The first kappa shape index (κ1) is 13.8. The maximum Gasteiger partial charge on any atom is 0.407 e. The molecule has 1 N–H and O–H groups in total. The minimum Gasteiger partial charge on any atom is -0.444 e. The van der Waals surface area contributed by atoms with Gasteiger partial charge >= 0.3 is 6.09 Å². The number of ether oxygens (including phenoxy) is 1. The topological polar surface area (TPSA) is 38.3 Å². The molecule has 1 amide bonds. The fourth-order valence-corrected chi connectivity index (χ4v) is 2.96. The highest BCUT2D eigenvalue weighted by molar-refractivity contribution is 9.10. The molecule has 16 heavy (non-hydrogen) atoms. The molecule has 0 atom stereocenters. The van der Waals surface area contributed by atoms with E-state index in [9.17, 15) is 4.79 Å². The zero-order valence-corrected chi connectivity index (χ0v) is 12.4. The van der Waals surface area contributed by atoms with Gasteiger partial charge in [0, 0.05) is 9.35 Å². The van der Waals surface area contributed by atoms with Crippen LogP contribution in [0.4, 0.5) is 4.79 Å². The predicted octanol–water partition coefficient (Wildman–Crippen LogP) is 4.19. The second-order valence-electron chi connectivity index (χ2n) is 4.18. The molecule has 0 saturated heterocycles. The number of nitrogens with one attached hydrogen (secondary N) is 1. The van der Waals surface area contributed by atoms with Crippen LogP contribution in [-0.4, -0.2) is 11.7 Å². The summed E-state index contributed by atoms with van der Waals surface area (Å²) in [6, 6.07) is 1.80. The Morgan fingerprint density at radius 3 is 2.69 bits per heavy atom. The molecule has 3 nitrogen and oxygen atoms in total. The number of carbonyl (C=O) groups excluding carboxylic acids is 1. The fraction of sp³-hybridized carbons (Fsp3) is 0.500. The van der Waals surface area contributed by atoms with Crippen LogP contribution in [0.3, 0.4) is 0 Å². The van der Waals surface area contributed by atoms with Gasteiger partial charge in [-0.3, -0.25) is 0 Å². The molecule has 1 heterocycles. The van der Waals surface area contributed by atoms with Crippen LogP contribution in [-0.2, 0) is 11.3 Å². The molecule has 1 aromatic heterocycles. The third kappa shape index (κ3) is 4.72. The first-order valence-corrected chi connectivity index (χ1v) is 6.67.